The van der Waals surface area contributed by atoms with E-state index in [1.165, 1.54) is 7.11 Å². The number of ether oxygens (including phenoxy) is 8. The molecule has 326 valence electrons. The van der Waals surface area contributed by atoms with E-state index in [0.29, 0.717) is 12.7 Å². The first-order valence-corrected chi connectivity index (χ1v) is 20.1. The molecule has 16 nitrogen and oxygen atoms in total. The molecule has 0 saturated carbocycles. The van der Waals surface area contributed by atoms with Gasteiger partial charge in [-0.25, -0.2) is 0 Å². The molecule has 3 aliphatic rings. The van der Waals surface area contributed by atoms with Crippen LogP contribution in [0, 0.1) is 11.8 Å². The zero-order chi connectivity index (χ0) is 42.6. The van der Waals surface area contributed by atoms with E-state index in [0.717, 1.165) is 0 Å². The zero-order valence-corrected chi connectivity index (χ0v) is 35.2. The minimum absolute atomic E-state index is 0.000633. The van der Waals surface area contributed by atoms with E-state index in [2.05, 4.69) is 0 Å². The van der Waals surface area contributed by atoms with Gasteiger partial charge in [0.25, 0.3) is 0 Å². The molecule has 57 heavy (non-hydrogen) atoms. The van der Waals surface area contributed by atoms with Gasteiger partial charge in [0, 0.05) is 39.2 Å². The Kier molecular flexibility index (Phi) is 19.2. The Balaban J connectivity index is 2.01. The minimum atomic E-state index is -1.49. The van der Waals surface area contributed by atoms with Gasteiger partial charge in [0.1, 0.15) is 42.4 Å². The van der Waals surface area contributed by atoms with Crippen LogP contribution in [0.3, 0.4) is 0 Å². The monoisotopic (exact) mass is 813 g/mol. The van der Waals surface area contributed by atoms with Gasteiger partial charge in [0.05, 0.1) is 36.9 Å². The number of aliphatic hydroxyl groups excluding tert-OH is 2. The second-order valence-electron chi connectivity index (χ2n) is 16.0. The summed E-state index contributed by atoms with van der Waals surface area (Å²) in [6, 6.07) is -0.779. The number of esters is 3. The number of aliphatic hydroxyl groups is 3. The van der Waals surface area contributed by atoms with Crippen LogP contribution in [0.15, 0.2) is 24.3 Å². The number of methoxy groups -OCH3 is 1. The minimum Gasteiger partial charge on any atom is -0.462 e. The molecule has 3 heterocycles. The van der Waals surface area contributed by atoms with Crippen molar-refractivity contribution in [3.05, 3.63) is 24.3 Å². The van der Waals surface area contributed by atoms with Gasteiger partial charge in [-0.15, -0.1) is 0 Å². The molecule has 2 fully saturated rings. The first-order chi connectivity index (χ1) is 26.9. The van der Waals surface area contributed by atoms with E-state index in [1.54, 1.807) is 78.8 Å². The van der Waals surface area contributed by atoms with Crippen molar-refractivity contribution in [3.63, 3.8) is 0 Å². The third kappa shape index (κ3) is 13.6. The average molecular weight is 814 g/mol. The normalized spacial score (nSPS) is 41.1. The van der Waals surface area contributed by atoms with Gasteiger partial charge in [-0.1, -0.05) is 45.1 Å². The van der Waals surface area contributed by atoms with Gasteiger partial charge in [0.2, 0.25) is 0 Å². The summed E-state index contributed by atoms with van der Waals surface area (Å²) in [6.07, 6.45) is -4.08. The molecule has 0 bridgehead atoms. The molecule has 0 aromatic carbocycles. The van der Waals surface area contributed by atoms with Crippen LogP contribution in [-0.4, -0.2) is 151 Å². The van der Waals surface area contributed by atoms with Crippen molar-refractivity contribution in [2.75, 3.05) is 21.2 Å². The molecule has 2 saturated heterocycles. The summed E-state index contributed by atoms with van der Waals surface area (Å²) >= 11 is 0. The number of cyclic esters (lactones) is 1. The summed E-state index contributed by atoms with van der Waals surface area (Å²) in [7, 11) is 4.86. The van der Waals surface area contributed by atoms with E-state index in [-0.39, 0.29) is 32.1 Å². The van der Waals surface area contributed by atoms with Crippen LogP contribution in [0.5, 0.6) is 0 Å². The number of rotatable bonds is 12. The predicted molar refractivity (Wildman–Crippen MR) is 205 cm³/mol. The fraction of sp³-hybridized carbons (Fsp3) is 0.805. The molecule has 0 radical (unpaired) electrons. The molecule has 3 aliphatic heterocycles. The van der Waals surface area contributed by atoms with Crippen molar-refractivity contribution >= 4 is 24.2 Å². The first-order valence-electron chi connectivity index (χ1n) is 20.1. The summed E-state index contributed by atoms with van der Waals surface area (Å²) in [5, 5.41) is 34.5. The molecule has 9 unspecified atom stereocenters. The summed E-state index contributed by atoms with van der Waals surface area (Å²) in [5.41, 5.74) is -1.49. The lowest BCUT2D eigenvalue weighted by Gasteiger charge is -2.50. The quantitative estimate of drug-likeness (QED) is 0.147. The van der Waals surface area contributed by atoms with Crippen LogP contribution in [-0.2, 0) is 57.1 Å². The van der Waals surface area contributed by atoms with E-state index >= 15 is 0 Å². The third-order valence-corrected chi connectivity index (χ3v) is 10.9. The number of carbonyl (C=O) groups excluding carboxylic acids is 4. The lowest BCUT2D eigenvalue weighted by Crippen LogP contribution is -2.66. The number of carbonyl (C=O) groups is 4. The van der Waals surface area contributed by atoms with Crippen LogP contribution < -0.4 is 0 Å². The zero-order valence-electron chi connectivity index (χ0n) is 35.2. The van der Waals surface area contributed by atoms with Gasteiger partial charge >= 0.3 is 17.9 Å². The Morgan fingerprint density at radius 3 is 2.23 bits per heavy atom. The largest absolute Gasteiger partial charge is 0.462 e. The predicted octanol–water partition coefficient (Wildman–Crippen LogP) is 2.77. The summed E-state index contributed by atoms with van der Waals surface area (Å²) in [5.74, 6) is -2.82. The molecular weight excluding hydrogens is 746 g/mol. The highest BCUT2D eigenvalue weighted by Crippen LogP contribution is 2.37. The molecule has 0 spiro atoms. The molecule has 0 aliphatic carbocycles. The van der Waals surface area contributed by atoms with E-state index < -0.39 is 121 Å². The summed E-state index contributed by atoms with van der Waals surface area (Å²) < 4.78 is 48.5. The van der Waals surface area contributed by atoms with Crippen molar-refractivity contribution < 1.29 is 72.4 Å². The highest BCUT2D eigenvalue weighted by Gasteiger charge is 2.53. The number of allylic oxidation sites excluding steroid dienone is 2. The maximum atomic E-state index is 13.3. The fourth-order valence-corrected chi connectivity index (χ4v) is 7.82. The number of aldehydes is 1. The van der Waals surface area contributed by atoms with Crippen molar-refractivity contribution in [1.29, 1.82) is 0 Å². The number of likely N-dealkylation sites (N-methyl/N-ethyl adjacent to an activating group) is 1. The van der Waals surface area contributed by atoms with Gasteiger partial charge in [-0.05, 0) is 60.0 Å². The second-order valence-corrected chi connectivity index (χ2v) is 16.0. The Morgan fingerprint density at radius 2 is 1.63 bits per heavy atom. The average Bonchev–Trinajstić information content (AvgIpc) is 3.13. The van der Waals surface area contributed by atoms with Crippen LogP contribution in [0.25, 0.3) is 0 Å². The number of nitrogens with zero attached hydrogens (tertiary/aromatic N) is 1. The molecule has 3 N–H and O–H groups in total. The molecule has 16 atom stereocenters. The highest BCUT2D eigenvalue weighted by atomic mass is 16.7. The highest BCUT2D eigenvalue weighted by molar-refractivity contribution is 5.72. The van der Waals surface area contributed by atoms with Gasteiger partial charge in [-0.3, -0.25) is 14.4 Å². The van der Waals surface area contributed by atoms with Crippen LogP contribution in [0.1, 0.15) is 93.4 Å². The molecule has 0 aromatic rings. The first kappa shape index (κ1) is 48.6. The smallest absolute Gasteiger partial charge is 0.309 e. The second kappa shape index (κ2) is 22.5. The SMILES string of the molecule is CCC(=O)OC1C(C)OC(OC2C(C)OC(O[C@H]3[C@@H](CC=O)C[C@@H](C)[C@@H](O)/C=C/C=C/C[C@@H](C)OC(=O)C[C@H](OC(=O)CC)[C@@H]3OC)C(O)C2N(C)C)CC1(C)O. The molecule has 0 amide bonds. The van der Waals surface area contributed by atoms with Gasteiger partial charge in [0.15, 0.2) is 18.7 Å². The Hall–Kier alpha value is -2.80. The molecule has 16 heteroatoms. The van der Waals surface area contributed by atoms with Crippen molar-refractivity contribution in [1.82, 2.24) is 4.90 Å². The Labute approximate surface area is 337 Å². The lowest BCUT2D eigenvalue weighted by molar-refractivity contribution is -0.344. The Morgan fingerprint density at radius 1 is 0.965 bits per heavy atom. The van der Waals surface area contributed by atoms with E-state index in [4.69, 9.17) is 37.9 Å². The van der Waals surface area contributed by atoms with E-state index in [9.17, 15) is 34.5 Å². The Bertz CT molecular complexity index is 1350. The lowest BCUT2D eigenvalue weighted by atomic mass is 9.82. The van der Waals surface area contributed by atoms with Crippen molar-refractivity contribution in [2.45, 2.75) is 179 Å². The third-order valence-electron chi connectivity index (χ3n) is 10.9. The van der Waals surface area contributed by atoms with Crippen LogP contribution >= 0.6 is 0 Å². The van der Waals surface area contributed by atoms with Gasteiger partial charge in [-0.2, -0.15) is 0 Å². The maximum Gasteiger partial charge on any atom is 0.309 e. The molecule has 3 rings (SSSR count). The topological polar surface area (TPSA) is 206 Å². The van der Waals surface area contributed by atoms with Crippen molar-refractivity contribution in [3.8, 4) is 0 Å². The standard InChI is InChI=1S/C41H67NO15/c1-11-30(45)54-29-21-32(47)51-24(4)16-14-13-15-17-28(44)23(3)20-27(18-19-43)37(38(29)50-10)57-40-35(48)34(42(8)9)36(25(5)53-40)56-33-22-41(7,49)39(26(6)52-33)55-31(46)12-2/h13-15,17,19,23-29,33-40,44,48-49H,11-12,16,18,20-22H2,1-10H3/b14-13+,17-15+/t23-,24-,25?,26?,27+,28+,29+,33?,34?,35?,36?,37+,38+,39?,40?,41?/m1/s1. The summed E-state index contributed by atoms with van der Waals surface area (Å²) in [6.45, 7) is 11.8. The summed E-state index contributed by atoms with van der Waals surface area (Å²) in [4.78, 5) is 52.3. The van der Waals surface area contributed by atoms with Crippen LogP contribution in [0.2, 0.25) is 0 Å². The maximum absolute atomic E-state index is 13.3. The number of hydrogen-bond acceptors (Lipinski definition) is 16. The van der Waals surface area contributed by atoms with E-state index in [1.807, 2.05) is 13.0 Å². The fourth-order valence-electron chi connectivity index (χ4n) is 7.82. The molecule has 0 aromatic heterocycles. The van der Waals surface area contributed by atoms with Crippen molar-refractivity contribution in [2.24, 2.45) is 11.8 Å². The molecular formula is C41H67NO15. The number of hydrogen-bond donors (Lipinski definition) is 3. The van der Waals surface area contributed by atoms with Crippen LogP contribution in [0.4, 0.5) is 0 Å². The van der Waals surface area contributed by atoms with Gasteiger partial charge < -0.3 is 62.9 Å².